The second kappa shape index (κ2) is 6.69. The maximum absolute atomic E-state index is 14.4. The lowest BCUT2D eigenvalue weighted by atomic mass is 10.0. The van der Waals surface area contributed by atoms with Crippen molar-refractivity contribution in [2.24, 2.45) is 0 Å². The summed E-state index contributed by atoms with van der Waals surface area (Å²) in [5.41, 5.74) is 3.47. The fraction of sp³-hybridized carbons (Fsp3) is 0.100. The van der Waals surface area contributed by atoms with E-state index in [1.807, 2.05) is 38.1 Å². The first-order valence-corrected chi connectivity index (χ1v) is 9.14. The van der Waals surface area contributed by atoms with E-state index in [0.29, 0.717) is 5.56 Å². The number of halogens is 1. The summed E-state index contributed by atoms with van der Waals surface area (Å²) >= 11 is 0. The van der Waals surface area contributed by atoms with Crippen molar-refractivity contribution in [3.8, 4) is 16.9 Å². The van der Waals surface area contributed by atoms with Crippen LogP contribution in [0, 0.1) is 19.7 Å². The molecule has 0 atom stereocenters. The molecule has 0 bridgehead atoms. The average molecular weight is 356 g/mol. The van der Waals surface area contributed by atoms with Crippen LogP contribution in [0.1, 0.15) is 11.1 Å². The summed E-state index contributed by atoms with van der Waals surface area (Å²) in [7, 11) is -4.08. The van der Waals surface area contributed by atoms with Crippen LogP contribution in [0.4, 0.5) is 4.39 Å². The molecular formula is C20H17FO3S. The first-order valence-electron chi connectivity index (χ1n) is 7.73. The van der Waals surface area contributed by atoms with Gasteiger partial charge in [0.15, 0.2) is 11.6 Å². The van der Waals surface area contributed by atoms with E-state index in [-0.39, 0.29) is 10.6 Å². The third kappa shape index (κ3) is 3.72. The molecule has 0 radical (unpaired) electrons. The fourth-order valence-electron chi connectivity index (χ4n) is 2.50. The van der Waals surface area contributed by atoms with Gasteiger partial charge in [-0.1, -0.05) is 48.0 Å². The molecule has 3 nitrogen and oxygen atoms in total. The molecule has 0 aliphatic carbocycles. The van der Waals surface area contributed by atoms with Crippen molar-refractivity contribution in [3.63, 3.8) is 0 Å². The van der Waals surface area contributed by atoms with Crippen molar-refractivity contribution >= 4 is 10.1 Å². The first kappa shape index (κ1) is 17.2. The van der Waals surface area contributed by atoms with E-state index in [1.54, 1.807) is 18.2 Å². The van der Waals surface area contributed by atoms with Gasteiger partial charge in [-0.3, -0.25) is 0 Å². The zero-order valence-electron chi connectivity index (χ0n) is 13.9. The molecule has 0 saturated carbocycles. The summed E-state index contributed by atoms with van der Waals surface area (Å²) in [4.78, 5) is -0.0134. The number of hydrogen-bond acceptors (Lipinski definition) is 3. The van der Waals surface area contributed by atoms with Crippen LogP contribution in [-0.2, 0) is 10.1 Å². The summed E-state index contributed by atoms with van der Waals surface area (Å²) in [5, 5.41) is 0. The Kier molecular flexibility index (Phi) is 4.59. The molecule has 0 saturated heterocycles. The molecule has 0 fully saturated rings. The molecule has 0 amide bonds. The van der Waals surface area contributed by atoms with E-state index < -0.39 is 15.9 Å². The van der Waals surface area contributed by atoms with Gasteiger partial charge in [-0.05, 0) is 54.8 Å². The van der Waals surface area contributed by atoms with Gasteiger partial charge in [0, 0.05) is 0 Å². The van der Waals surface area contributed by atoms with Gasteiger partial charge in [-0.2, -0.15) is 8.42 Å². The van der Waals surface area contributed by atoms with Crippen LogP contribution in [0.3, 0.4) is 0 Å². The SMILES string of the molecule is Cc1ccc(S(=O)(=O)Oc2ccc(-c3ccccc3C)cc2F)cc1. The smallest absolute Gasteiger partial charge is 0.339 e. The molecule has 0 heterocycles. The van der Waals surface area contributed by atoms with Gasteiger partial charge in [0.2, 0.25) is 0 Å². The zero-order chi connectivity index (χ0) is 18.0. The quantitative estimate of drug-likeness (QED) is 0.626. The molecule has 0 spiro atoms. The lowest BCUT2D eigenvalue weighted by Crippen LogP contribution is -2.10. The minimum atomic E-state index is -4.08. The normalized spacial score (nSPS) is 11.3. The minimum absolute atomic E-state index is 0.0134. The van der Waals surface area contributed by atoms with E-state index in [4.69, 9.17) is 4.18 Å². The second-order valence-corrected chi connectivity index (χ2v) is 7.36. The molecule has 0 unspecified atom stereocenters. The van der Waals surface area contributed by atoms with Gasteiger partial charge in [-0.25, -0.2) is 4.39 Å². The molecule has 0 aliphatic rings. The topological polar surface area (TPSA) is 43.4 Å². The summed E-state index contributed by atoms with van der Waals surface area (Å²) in [6, 6.07) is 18.0. The molecule has 0 aliphatic heterocycles. The maximum Gasteiger partial charge on any atom is 0.339 e. The number of benzene rings is 3. The second-order valence-electron chi connectivity index (χ2n) is 5.81. The van der Waals surface area contributed by atoms with E-state index in [9.17, 15) is 12.8 Å². The van der Waals surface area contributed by atoms with Crippen LogP contribution >= 0.6 is 0 Å². The molecule has 3 rings (SSSR count). The molecule has 25 heavy (non-hydrogen) atoms. The van der Waals surface area contributed by atoms with Crippen molar-refractivity contribution < 1.29 is 17.0 Å². The standard InChI is InChI=1S/C20H17FO3S/c1-14-7-10-17(11-8-14)25(22,23)24-20-12-9-16(13-19(20)21)18-6-4-3-5-15(18)2/h3-13H,1-2H3. The van der Waals surface area contributed by atoms with Gasteiger partial charge in [-0.15, -0.1) is 0 Å². The molecule has 5 heteroatoms. The molecule has 3 aromatic rings. The van der Waals surface area contributed by atoms with Gasteiger partial charge in [0.25, 0.3) is 0 Å². The highest BCUT2D eigenvalue weighted by Gasteiger charge is 2.19. The van der Waals surface area contributed by atoms with Crippen LogP contribution in [-0.4, -0.2) is 8.42 Å². The first-order chi connectivity index (χ1) is 11.9. The Bertz CT molecular complexity index is 1010. The monoisotopic (exact) mass is 356 g/mol. The van der Waals surface area contributed by atoms with Crippen LogP contribution < -0.4 is 4.18 Å². The fourth-order valence-corrected chi connectivity index (χ4v) is 3.44. The Morgan fingerprint density at radius 3 is 2.20 bits per heavy atom. The molecule has 128 valence electrons. The van der Waals surface area contributed by atoms with E-state index in [0.717, 1.165) is 16.7 Å². The summed E-state index contributed by atoms with van der Waals surface area (Å²) in [6.07, 6.45) is 0. The molecule has 0 N–H and O–H groups in total. The molecule has 0 aromatic heterocycles. The van der Waals surface area contributed by atoms with Gasteiger partial charge < -0.3 is 4.18 Å². The third-order valence-electron chi connectivity index (χ3n) is 3.90. The predicted octanol–water partition coefficient (Wildman–Crippen LogP) is 4.88. The van der Waals surface area contributed by atoms with Crippen LogP contribution in [0.2, 0.25) is 0 Å². The Labute approximate surface area is 146 Å². The third-order valence-corrected chi connectivity index (χ3v) is 5.15. The largest absolute Gasteiger partial charge is 0.376 e. The predicted molar refractivity (Wildman–Crippen MR) is 95.6 cm³/mol. The highest BCUT2D eigenvalue weighted by molar-refractivity contribution is 7.87. The van der Waals surface area contributed by atoms with Gasteiger partial charge in [0.1, 0.15) is 4.90 Å². The Hall–Kier alpha value is -2.66. The van der Waals surface area contributed by atoms with Crippen LogP contribution in [0.15, 0.2) is 71.6 Å². The Balaban J connectivity index is 1.91. The molecular weight excluding hydrogens is 339 g/mol. The Morgan fingerprint density at radius 2 is 1.56 bits per heavy atom. The molecule has 3 aromatic carbocycles. The average Bonchev–Trinajstić information content (AvgIpc) is 2.57. The van der Waals surface area contributed by atoms with E-state index in [2.05, 4.69) is 0 Å². The van der Waals surface area contributed by atoms with E-state index in [1.165, 1.54) is 24.3 Å². The number of hydrogen-bond donors (Lipinski definition) is 0. The minimum Gasteiger partial charge on any atom is -0.376 e. The van der Waals surface area contributed by atoms with Crippen molar-refractivity contribution in [2.75, 3.05) is 0 Å². The zero-order valence-corrected chi connectivity index (χ0v) is 14.7. The van der Waals surface area contributed by atoms with Crippen molar-refractivity contribution in [2.45, 2.75) is 18.7 Å². The van der Waals surface area contributed by atoms with Gasteiger partial charge >= 0.3 is 10.1 Å². The van der Waals surface area contributed by atoms with Crippen molar-refractivity contribution in [1.29, 1.82) is 0 Å². The van der Waals surface area contributed by atoms with Crippen LogP contribution in [0.5, 0.6) is 5.75 Å². The number of rotatable bonds is 4. The lowest BCUT2D eigenvalue weighted by Gasteiger charge is -2.10. The number of aryl methyl sites for hydroxylation is 2. The van der Waals surface area contributed by atoms with E-state index >= 15 is 0 Å². The maximum atomic E-state index is 14.4. The van der Waals surface area contributed by atoms with Crippen LogP contribution in [0.25, 0.3) is 11.1 Å². The highest BCUT2D eigenvalue weighted by Crippen LogP contribution is 2.29. The summed E-state index contributed by atoms with van der Waals surface area (Å²) < 4.78 is 43.9. The van der Waals surface area contributed by atoms with Gasteiger partial charge in [0.05, 0.1) is 0 Å². The highest BCUT2D eigenvalue weighted by atomic mass is 32.2. The van der Waals surface area contributed by atoms with Crippen molar-refractivity contribution in [3.05, 3.63) is 83.7 Å². The van der Waals surface area contributed by atoms with Crippen molar-refractivity contribution in [1.82, 2.24) is 0 Å². The summed E-state index contributed by atoms with van der Waals surface area (Å²) in [6.45, 7) is 3.78. The lowest BCUT2D eigenvalue weighted by molar-refractivity contribution is 0.461. The summed E-state index contributed by atoms with van der Waals surface area (Å²) in [5.74, 6) is -1.05. The Morgan fingerprint density at radius 1 is 0.880 bits per heavy atom.